The summed E-state index contributed by atoms with van der Waals surface area (Å²) in [5.41, 5.74) is 1.67. The Bertz CT molecular complexity index is 1180. The van der Waals surface area contributed by atoms with E-state index < -0.39 is 11.7 Å². The van der Waals surface area contributed by atoms with Gasteiger partial charge in [-0.05, 0) is 42.3 Å². The van der Waals surface area contributed by atoms with Gasteiger partial charge in [-0.25, -0.2) is 9.67 Å². The van der Waals surface area contributed by atoms with E-state index in [0.717, 1.165) is 23.1 Å². The van der Waals surface area contributed by atoms with Crippen LogP contribution in [0.3, 0.4) is 0 Å². The number of aromatic nitrogens is 3. The molecule has 0 spiro atoms. The molecule has 0 aliphatic rings. The molecule has 0 radical (unpaired) electrons. The molecule has 0 saturated heterocycles. The van der Waals surface area contributed by atoms with E-state index in [1.807, 2.05) is 18.2 Å². The zero-order chi connectivity index (χ0) is 25.3. The van der Waals surface area contributed by atoms with Crippen LogP contribution in [0.5, 0.6) is 0 Å². The first kappa shape index (κ1) is 25.7. The Kier molecular flexibility index (Phi) is 7.41. The highest BCUT2D eigenvalue weighted by molar-refractivity contribution is 6.30. The van der Waals surface area contributed by atoms with E-state index in [4.69, 9.17) is 16.7 Å². The van der Waals surface area contributed by atoms with Gasteiger partial charge in [0, 0.05) is 49.3 Å². The number of carbonyl (C=O) groups is 1. The normalized spacial score (nSPS) is 12.1. The molecule has 3 rings (SSSR count). The number of halogens is 4. The number of nitrogens with zero attached hydrogens (tertiary/aromatic N) is 4. The molecule has 34 heavy (non-hydrogen) atoms. The minimum Gasteiger partial charge on any atom is -0.362 e. The maximum atomic E-state index is 13.5. The summed E-state index contributed by atoms with van der Waals surface area (Å²) in [7, 11) is 2.99. The number of carbonyl (C=O) groups excluding carboxylic acids is 1. The predicted octanol–water partition coefficient (Wildman–Crippen LogP) is 6.05. The summed E-state index contributed by atoms with van der Waals surface area (Å²) in [5, 5.41) is 5.30. The van der Waals surface area contributed by atoms with E-state index in [2.05, 4.69) is 25.8 Å². The van der Waals surface area contributed by atoms with Crippen molar-refractivity contribution in [3.63, 3.8) is 0 Å². The summed E-state index contributed by atoms with van der Waals surface area (Å²) < 4.78 is 42.1. The van der Waals surface area contributed by atoms with Crippen LogP contribution in [0.2, 0.25) is 5.02 Å². The van der Waals surface area contributed by atoms with Crippen molar-refractivity contribution < 1.29 is 18.0 Å². The summed E-state index contributed by atoms with van der Waals surface area (Å²) in [6.07, 6.45) is -2.80. The van der Waals surface area contributed by atoms with Gasteiger partial charge in [0.15, 0.2) is 0 Å². The summed E-state index contributed by atoms with van der Waals surface area (Å²) in [6, 6.07) is 10.2. The number of anilines is 1. The van der Waals surface area contributed by atoms with Crippen molar-refractivity contribution in [1.29, 1.82) is 0 Å². The summed E-state index contributed by atoms with van der Waals surface area (Å²) in [5.74, 6) is -0.354. The van der Waals surface area contributed by atoms with Gasteiger partial charge < -0.3 is 4.90 Å². The minimum absolute atomic E-state index is 0.124. The van der Waals surface area contributed by atoms with Gasteiger partial charge in [0.1, 0.15) is 11.6 Å². The maximum absolute atomic E-state index is 13.5. The Hall–Kier alpha value is -2.87. The molecule has 0 fully saturated rings. The van der Waals surface area contributed by atoms with E-state index in [1.54, 1.807) is 16.8 Å². The van der Waals surface area contributed by atoms with Crippen molar-refractivity contribution >= 4 is 23.2 Å². The van der Waals surface area contributed by atoms with Crippen LogP contribution in [0.15, 0.2) is 42.6 Å². The van der Waals surface area contributed by atoms with Crippen LogP contribution in [0.25, 0.3) is 5.69 Å². The van der Waals surface area contributed by atoms with Crippen LogP contribution in [-0.2, 0) is 29.2 Å². The fourth-order valence-electron chi connectivity index (χ4n) is 3.54. The molecule has 3 aromatic rings. The Morgan fingerprint density at radius 3 is 2.41 bits per heavy atom. The molecule has 0 saturated carbocycles. The number of ketones is 1. The molecular formula is C25H28ClF3N4O. The third kappa shape index (κ3) is 6.17. The van der Waals surface area contributed by atoms with Crippen molar-refractivity contribution in [3.05, 3.63) is 70.1 Å². The molecule has 5 nitrogen and oxygen atoms in total. The number of pyridine rings is 1. The van der Waals surface area contributed by atoms with Gasteiger partial charge in [0.05, 0.1) is 16.9 Å². The topological polar surface area (TPSA) is 51.0 Å². The average Bonchev–Trinajstić information content (AvgIpc) is 3.16. The summed E-state index contributed by atoms with van der Waals surface area (Å²) in [4.78, 5) is 17.9. The van der Waals surface area contributed by atoms with Crippen LogP contribution >= 0.6 is 11.6 Å². The Labute approximate surface area is 202 Å². The van der Waals surface area contributed by atoms with E-state index in [9.17, 15) is 18.0 Å². The van der Waals surface area contributed by atoms with Crippen molar-refractivity contribution in [3.8, 4) is 5.69 Å². The molecule has 0 aliphatic carbocycles. The SMILES string of the molecule is CN(C)c1ncc(CC(=O)CCc2cc(C(C)(C)C)nn2-c2cccc(Cl)c2)cc1C(F)(F)F. The lowest BCUT2D eigenvalue weighted by molar-refractivity contribution is -0.137. The molecule has 0 N–H and O–H groups in total. The fourth-order valence-corrected chi connectivity index (χ4v) is 3.73. The second-order valence-corrected chi connectivity index (χ2v) is 9.92. The van der Waals surface area contributed by atoms with Gasteiger partial charge in [0.2, 0.25) is 0 Å². The van der Waals surface area contributed by atoms with Gasteiger partial charge in [-0.1, -0.05) is 38.4 Å². The van der Waals surface area contributed by atoms with Crippen molar-refractivity contribution in [2.24, 2.45) is 0 Å². The molecule has 0 bridgehead atoms. The minimum atomic E-state index is -4.56. The van der Waals surface area contributed by atoms with Gasteiger partial charge in [0.25, 0.3) is 0 Å². The molecular weight excluding hydrogens is 465 g/mol. The highest BCUT2D eigenvalue weighted by Crippen LogP contribution is 2.35. The molecule has 1 aromatic carbocycles. The lowest BCUT2D eigenvalue weighted by atomic mass is 9.92. The largest absolute Gasteiger partial charge is 0.419 e. The number of aryl methyl sites for hydroxylation is 1. The van der Waals surface area contributed by atoms with E-state index in [1.165, 1.54) is 25.2 Å². The lowest BCUT2D eigenvalue weighted by Crippen LogP contribution is -2.19. The number of Topliss-reactive ketones (excluding diaryl/α,β-unsaturated/α-hetero) is 1. The number of rotatable bonds is 7. The first-order valence-corrected chi connectivity index (χ1v) is 11.2. The Morgan fingerprint density at radius 2 is 1.82 bits per heavy atom. The van der Waals surface area contributed by atoms with Crippen LogP contribution in [0, 0.1) is 0 Å². The van der Waals surface area contributed by atoms with Gasteiger partial charge in [-0.3, -0.25) is 4.79 Å². The van der Waals surface area contributed by atoms with Crippen molar-refractivity contribution in [2.45, 2.75) is 51.6 Å². The van der Waals surface area contributed by atoms with Crippen molar-refractivity contribution in [1.82, 2.24) is 14.8 Å². The van der Waals surface area contributed by atoms with Crippen LogP contribution in [0.1, 0.15) is 49.7 Å². The molecule has 2 heterocycles. The summed E-state index contributed by atoms with van der Waals surface area (Å²) in [6.45, 7) is 6.15. The smallest absolute Gasteiger partial charge is 0.362 e. The molecule has 2 aromatic heterocycles. The number of benzene rings is 1. The zero-order valence-corrected chi connectivity index (χ0v) is 20.6. The molecule has 9 heteroatoms. The van der Waals surface area contributed by atoms with E-state index >= 15 is 0 Å². The van der Waals surface area contributed by atoms with E-state index in [0.29, 0.717) is 11.4 Å². The lowest BCUT2D eigenvalue weighted by Gasteiger charge is -2.18. The van der Waals surface area contributed by atoms with Gasteiger partial charge in [-0.15, -0.1) is 0 Å². The zero-order valence-electron chi connectivity index (χ0n) is 19.9. The van der Waals surface area contributed by atoms with Crippen molar-refractivity contribution in [2.75, 3.05) is 19.0 Å². The number of hydrogen-bond acceptors (Lipinski definition) is 4. The van der Waals surface area contributed by atoms with Crippen LogP contribution < -0.4 is 4.90 Å². The standard InChI is InChI=1S/C25H28ClF3N4O/c1-24(2,3)22-14-19(33(31-22)18-8-6-7-17(26)13-18)9-10-20(34)11-16-12-21(25(27,28)29)23(30-15-16)32(4)5/h6-8,12-15H,9-11H2,1-5H3. The average molecular weight is 493 g/mol. The molecule has 0 atom stereocenters. The molecule has 0 amide bonds. The van der Waals surface area contributed by atoms with Crippen LogP contribution in [-0.4, -0.2) is 34.6 Å². The Morgan fingerprint density at radius 1 is 1.12 bits per heavy atom. The fraction of sp³-hybridized carbons (Fsp3) is 0.400. The van der Waals surface area contributed by atoms with Gasteiger partial charge in [-0.2, -0.15) is 18.3 Å². The Balaban J connectivity index is 1.81. The first-order valence-electron chi connectivity index (χ1n) is 10.9. The third-order valence-electron chi connectivity index (χ3n) is 5.32. The highest BCUT2D eigenvalue weighted by atomic mass is 35.5. The number of alkyl halides is 3. The summed E-state index contributed by atoms with van der Waals surface area (Å²) >= 11 is 6.15. The quantitative estimate of drug-likeness (QED) is 0.403. The predicted molar refractivity (Wildman–Crippen MR) is 128 cm³/mol. The molecule has 0 unspecified atom stereocenters. The second-order valence-electron chi connectivity index (χ2n) is 9.48. The third-order valence-corrected chi connectivity index (χ3v) is 5.55. The first-order chi connectivity index (χ1) is 15.8. The molecule has 0 aliphatic heterocycles. The van der Waals surface area contributed by atoms with Crippen LogP contribution in [0.4, 0.5) is 19.0 Å². The maximum Gasteiger partial charge on any atom is 0.419 e. The molecule has 182 valence electrons. The second kappa shape index (κ2) is 9.78. The van der Waals surface area contributed by atoms with Gasteiger partial charge >= 0.3 is 6.18 Å². The highest BCUT2D eigenvalue weighted by Gasteiger charge is 2.35. The van der Waals surface area contributed by atoms with E-state index in [-0.39, 0.29) is 35.4 Å². The monoisotopic (exact) mass is 492 g/mol. The number of hydrogen-bond donors (Lipinski definition) is 0.